The van der Waals surface area contributed by atoms with Crippen molar-refractivity contribution in [2.45, 2.75) is 31.6 Å². The number of hydrogen-bond donors (Lipinski definition) is 0. The highest BCUT2D eigenvalue weighted by molar-refractivity contribution is 5.92. The van der Waals surface area contributed by atoms with E-state index < -0.39 is 0 Å². The number of aromatic nitrogens is 1. The fraction of sp³-hybridized carbons (Fsp3) is 0.444. The van der Waals surface area contributed by atoms with Crippen molar-refractivity contribution in [2.75, 3.05) is 13.1 Å². The van der Waals surface area contributed by atoms with E-state index in [4.69, 9.17) is 4.52 Å². The van der Waals surface area contributed by atoms with Gasteiger partial charge in [0.2, 0.25) is 0 Å². The van der Waals surface area contributed by atoms with E-state index in [1.807, 2.05) is 17.0 Å². The lowest BCUT2D eigenvalue weighted by atomic mass is 9.99. The molecule has 2 aromatic rings. The Hall–Kier alpha value is -2.10. The quantitative estimate of drug-likeness (QED) is 0.870. The van der Waals surface area contributed by atoms with Crippen molar-refractivity contribution in [3.8, 4) is 0 Å². The smallest absolute Gasteiger partial charge is 0.276 e. The van der Waals surface area contributed by atoms with Crippen LogP contribution in [0.2, 0.25) is 0 Å². The molecule has 1 atom stereocenters. The van der Waals surface area contributed by atoms with Gasteiger partial charge in [-0.2, -0.15) is 0 Å². The van der Waals surface area contributed by atoms with Gasteiger partial charge in [0, 0.05) is 25.1 Å². The monoisotopic (exact) mass is 296 g/mol. The van der Waals surface area contributed by atoms with E-state index in [9.17, 15) is 4.79 Å². The summed E-state index contributed by atoms with van der Waals surface area (Å²) in [7, 11) is 0. The van der Waals surface area contributed by atoms with Crippen LogP contribution in [-0.4, -0.2) is 29.1 Å². The topological polar surface area (TPSA) is 46.3 Å². The molecule has 1 aliphatic heterocycles. The first kappa shape index (κ1) is 13.6. The summed E-state index contributed by atoms with van der Waals surface area (Å²) in [5.41, 5.74) is 1.82. The lowest BCUT2D eigenvalue weighted by molar-refractivity contribution is 0.0776. The van der Waals surface area contributed by atoms with E-state index in [1.165, 1.54) is 5.56 Å². The van der Waals surface area contributed by atoms with Gasteiger partial charge in [0.1, 0.15) is 5.76 Å². The summed E-state index contributed by atoms with van der Waals surface area (Å²) in [6.45, 7) is 1.64. The molecule has 1 aliphatic carbocycles. The highest BCUT2D eigenvalue weighted by atomic mass is 16.5. The Morgan fingerprint density at radius 3 is 2.82 bits per heavy atom. The number of carbonyl (C=O) groups excluding carboxylic acids is 1. The molecule has 0 N–H and O–H groups in total. The molecule has 2 aliphatic rings. The standard InChI is InChI=1S/C18H20N2O2/c21-18(16-11-17(22-19-16)15-6-7-15)20-9-8-14(12-20)10-13-4-2-1-3-5-13/h1-5,11,14-15H,6-10,12H2. The minimum absolute atomic E-state index is 0.0196. The number of likely N-dealkylation sites (tertiary alicyclic amines) is 1. The molecule has 1 saturated carbocycles. The van der Waals surface area contributed by atoms with E-state index in [-0.39, 0.29) is 5.91 Å². The van der Waals surface area contributed by atoms with Crippen LogP contribution in [0.4, 0.5) is 0 Å². The summed E-state index contributed by atoms with van der Waals surface area (Å²) in [4.78, 5) is 14.4. The number of amides is 1. The molecule has 2 fully saturated rings. The zero-order valence-corrected chi connectivity index (χ0v) is 12.6. The lowest BCUT2D eigenvalue weighted by Crippen LogP contribution is -2.29. The predicted molar refractivity (Wildman–Crippen MR) is 82.6 cm³/mol. The average molecular weight is 296 g/mol. The van der Waals surface area contributed by atoms with Crippen LogP contribution in [0.1, 0.15) is 47.0 Å². The van der Waals surface area contributed by atoms with E-state index in [2.05, 4.69) is 29.4 Å². The molecule has 0 radical (unpaired) electrons. The van der Waals surface area contributed by atoms with Crippen LogP contribution in [0, 0.1) is 5.92 Å². The largest absolute Gasteiger partial charge is 0.360 e. The van der Waals surface area contributed by atoms with Crippen molar-refractivity contribution >= 4 is 5.91 Å². The molecule has 4 nitrogen and oxygen atoms in total. The maximum absolute atomic E-state index is 12.5. The van der Waals surface area contributed by atoms with Crippen molar-refractivity contribution < 1.29 is 9.32 Å². The first-order valence-corrected chi connectivity index (χ1v) is 8.09. The Balaban J connectivity index is 1.38. The third kappa shape index (κ3) is 2.78. The molecule has 22 heavy (non-hydrogen) atoms. The van der Waals surface area contributed by atoms with Gasteiger partial charge in [-0.25, -0.2) is 0 Å². The fourth-order valence-corrected chi connectivity index (χ4v) is 3.24. The van der Waals surface area contributed by atoms with E-state index >= 15 is 0 Å². The Kier molecular flexibility index (Phi) is 3.45. The molecular formula is C18H20N2O2. The molecule has 114 valence electrons. The van der Waals surface area contributed by atoms with Gasteiger partial charge in [0.25, 0.3) is 5.91 Å². The van der Waals surface area contributed by atoms with Crippen molar-refractivity contribution in [2.24, 2.45) is 5.92 Å². The number of rotatable bonds is 4. The molecule has 1 unspecified atom stereocenters. The first-order valence-electron chi connectivity index (χ1n) is 8.09. The Morgan fingerprint density at radius 1 is 1.23 bits per heavy atom. The van der Waals surface area contributed by atoms with Crippen LogP contribution >= 0.6 is 0 Å². The zero-order valence-electron chi connectivity index (χ0n) is 12.6. The zero-order chi connectivity index (χ0) is 14.9. The van der Waals surface area contributed by atoms with Crippen LogP contribution in [-0.2, 0) is 6.42 Å². The molecule has 4 rings (SSSR count). The number of hydrogen-bond acceptors (Lipinski definition) is 3. The first-order chi connectivity index (χ1) is 10.8. The van der Waals surface area contributed by atoms with Crippen LogP contribution < -0.4 is 0 Å². The minimum Gasteiger partial charge on any atom is -0.360 e. The molecule has 1 aromatic heterocycles. The SMILES string of the molecule is O=C(c1cc(C2CC2)on1)N1CCC(Cc2ccccc2)C1. The molecule has 1 amide bonds. The van der Waals surface area contributed by atoms with Crippen molar-refractivity contribution in [1.29, 1.82) is 0 Å². The summed E-state index contributed by atoms with van der Waals surface area (Å²) in [6, 6.07) is 12.3. The predicted octanol–water partition coefficient (Wildman–Crippen LogP) is 3.26. The van der Waals surface area contributed by atoms with E-state index in [0.717, 1.165) is 44.5 Å². The van der Waals surface area contributed by atoms with Crippen LogP contribution in [0.15, 0.2) is 40.9 Å². The van der Waals surface area contributed by atoms with Crippen molar-refractivity contribution in [3.63, 3.8) is 0 Å². The fourth-order valence-electron chi connectivity index (χ4n) is 3.24. The van der Waals surface area contributed by atoms with E-state index in [0.29, 0.717) is 17.5 Å². The summed E-state index contributed by atoms with van der Waals surface area (Å²) >= 11 is 0. The van der Waals surface area contributed by atoms with Gasteiger partial charge in [-0.05, 0) is 37.2 Å². The third-order valence-electron chi connectivity index (χ3n) is 4.67. The number of nitrogens with zero attached hydrogens (tertiary/aromatic N) is 2. The second-order valence-corrected chi connectivity index (χ2v) is 6.48. The Labute approximate surface area is 130 Å². The van der Waals surface area contributed by atoms with Gasteiger partial charge in [-0.1, -0.05) is 35.5 Å². The average Bonchev–Trinajstić information content (AvgIpc) is 3.10. The second-order valence-electron chi connectivity index (χ2n) is 6.48. The van der Waals surface area contributed by atoms with E-state index in [1.54, 1.807) is 0 Å². The maximum atomic E-state index is 12.5. The van der Waals surface area contributed by atoms with Crippen LogP contribution in [0.5, 0.6) is 0 Å². The Morgan fingerprint density at radius 2 is 2.05 bits per heavy atom. The molecule has 1 aromatic carbocycles. The van der Waals surface area contributed by atoms with Crippen molar-refractivity contribution in [3.05, 3.63) is 53.4 Å². The summed E-state index contributed by atoms with van der Waals surface area (Å²) in [6.07, 6.45) is 4.42. The normalized spacial score (nSPS) is 21.3. The molecule has 0 spiro atoms. The summed E-state index contributed by atoms with van der Waals surface area (Å²) in [5.74, 6) is 1.94. The molecule has 1 saturated heterocycles. The second kappa shape index (κ2) is 5.59. The van der Waals surface area contributed by atoms with Gasteiger partial charge in [0.15, 0.2) is 5.69 Å². The van der Waals surface area contributed by atoms with Gasteiger partial charge in [0.05, 0.1) is 0 Å². The molecule has 0 bridgehead atoms. The van der Waals surface area contributed by atoms with Crippen LogP contribution in [0.25, 0.3) is 0 Å². The summed E-state index contributed by atoms with van der Waals surface area (Å²) in [5, 5.41) is 3.96. The molecular weight excluding hydrogens is 276 g/mol. The highest BCUT2D eigenvalue weighted by Gasteiger charge is 2.32. The number of benzene rings is 1. The van der Waals surface area contributed by atoms with Gasteiger partial charge < -0.3 is 9.42 Å². The van der Waals surface area contributed by atoms with Gasteiger partial charge >= 0.3 is 0 Å². The van der Waals surface area contributed by atoms with Gasteiger partial charge in [-0.3, -0.25) is 4.79 Å². The highest BCUT2D eigenvalue weighted by Crippen LogP contribution is 2.40. The minimum atomic E-state index is 0.0196. The lowest BCUT2D eigenvalue weighted by Gasteiger charge is -2.14. The summed E-state index contributed by atoms with van der Waals surface area (Å²) < 4.78 is 5.29. The molecule has 2 heterocycles. The number of carbonyl (C=O) groups is 1. The third-order valence-corrected chi connectivity index (χ3v) is 4.67. The van der Waals surface area contributed by atoms with Crippen molar-refractivity contribution in [1.82, 2.24) is 10.1 Å². The maximum Gasteiger partial charge on any atom is 0.276 e. The Bertz CT molecular complexity index is 661. The molecule has 4 heteroatoms. The van der Waals surface area contributed by atoms with Gasteiger partial charge in [-0.15, -0.1) is 0 Å². The van der Waals surface area contributed by atoms with Crippen LogP contribution in [0.3, 0.4) is 0 Å².